The van der Waals surface area contributed by atoms with Crippen molar-refractivity contribution in [3.8, 4) is 0 Å². The second-order valence-corrected chi connectivity index (χ2v) is 4.33. The first-order chi connectivity index (χ1) is 7.81. The molecule has 3 rings (SSSR count). The summed E-state index contributed by atoms with van der Waals surface area (Å²) in [5.74, 6) is -0.151. The SMILES string of the molecule is CCNC1CCc2[nH]c3c(F)cccc3c21. The topological polar surface area (TPSA) is 27.8 Å². The van der Waals surface area contributed by atoms with Gasteiger partial charge in [-0.3, -0.25) is 0 Å². The van der Waals surface area contributed by atoms with E-state index in [-0.39, 0.29) is 5.82 Å². The Kier molecular flexibility index (Phi) is 2.21. The van der Waals surface area contributed by atoms with Gasteiger partial charge in [-0.1, -0.05) is 19.1 Å². The van der Waals surface area contributed by atoms with Crippen LogP contribution in [0.1, 0.15) is 30.6 Å². The van der Waals surface area contributed by atoms with Crippen LogP contribution in [-0.4, -0.2) is 11.5 Å². The molecule has 1 aromatic heterocycles. The van der Waals surface area contributed by atoms with Crippen LogP contribution in [0, 0.1) is 5.82 Å². The van der Waals surface area contributed by atoms with E-state index in [0.29, 0.717) is 11.6 Å². The highest BCUT2D eigenvalue weighted by Crippen LogP contribution is 2.37. The van der Waals surface area contributed by atoms with E-state index >= 15 is 0 Å². The Morgan fingerprint density at radius 1 is 1.50 bits per heavy atom. The zero-order chi connectivity index (χ0) is 11.1. The number of aromatic nitrogens is 1. The van der Waals surface area contributed by atoms with Crippen LogP contribution < -0.4 is 5.32 Å². The third-order valence-electron chi connectivity index (χ3n) is 3.39. The van der Waals surface area contributed by atoms with Gasteiger partial charge in [-0.15, -0.1) is 0 Å². The third kappa shape index (κ3) is 1.28. The molecule has 16 heavy (non-hydrogen) atoms. The van der Waals surface area contributed by atoms with Crippen molar-refractivity contribution in [2.75, 3.05) is 6.54 Å². The van der Waals surface area contributed by atoms with E-state index in [1.807, 2.05) is 6.07 Å². The van der Waals surface area contributed by atoms with E-state index in [0.717, 1.165) is 24.8 Å². The minimum Gasteiger partial charge on any atom is -0.356 e. The highest BCUT2D eigenvalue weighted by molar-refractivity contribution is 5.86. The van der Waals surface area contributed by atoms with E-state index < -0.39 is 0 Å². The zero-order valence-corrected chi connectivity index (χ0v) is 9.31. The number of para-hydroxylation sites is 1. The van der Waals surface area contributed by atoms with Crippen molar-refractivity contribution in [2.24, 2.45) is 0 Å². The van der Waals surface area contributed by atoms with Gasteiger partial charge in [-0.2, -0.15) is 0 Å². The number of aryl methyl sites for hydroxylation is 1. The Hall–Kier alpha value is -1.35. The summed E-state index contributed by atoms with van der Waals surface area (Å²) in [5.41, 5.74) is 3.14. The van der Waals surface area contributed by atoms with Crippen molar-refractivity contribution in [3.05, 3.63) is 35.3 Å². The Morgan fingerprint density at radius 3 is 3.19 bits per heavy atom. The first-order valence-electron chi connectivity index (χ1n) is 5.83. The molecule has 0 radical (unpaired) electrons. The number of aromatic amines is 1. The first-order valence-corrected chi connectivity index (χ1v) is 5.83. The number of rotatable bonds is 2. The molecule has 0 saturated heterocycles. The first kappa shape index (κ1) is 9.85. The van der Waals surface area contributed by atoms with Gasteiger partial charge in [0.1, 0.15) is 5.82 Å². The molecule has 1 heterocycles. The Bertz CT molecular complexity index is 530. The van der Waals surface area contributed by atoms with E-state index in [9.17, 15) is 4.39 Å². The Morgan fingerprint density at radius 2 is 2.38 bits per heavy atom. The molecule has 1 atom stereocenters. The molecule has 0 aliphatic heterocycles. The second-order valence-electron chi connectivity index (χ2n) is 4.33. The van der Waals surface area contributed by atoms with Gasteiger partial charge in [0.25, 0.3) is 0 Å². The fourth-order valence-corrected chi connectivity index (χ4v) is 2.74. The molecule has 0 fully saturated rings. The molecule has 1 aliphatic carbocycles. The van der Waals surface area contributed by atoms with Crippen LogP contribution in [0.15, 0.2) is 18.2 Å². The summed E-state index contributed by atoms with van der Waals surface area (Å²) in [6.07, 6.45) is 2.13. The number of nitrogens with one attached hydrogen (secondary N) is 2. The molecule has 84 valence electrons. The molecular weight excluding hydrogens is 203 g/mol. The third-order valence-corrected chi connectivity index (χ3v) is 3.39. The van der Waals surface area contributed by atoms with E-state index in [1.54, 1.807) is 6.07 Å². The number of fused-ring (bicyclic) bond motifs is 3. The Balaban J connectivity index is 2.20. The van der Waals surface area contributed by atoms with Crippen LogP contribution in [0.2, 0.25) is 0 Å². The number of halogens is 1. The largest absolute Gasteiger partial charge is 0.356 e. The fourth-order valence-electron chi connectivity index (χ4n) is 2.74. The summed E-state index contributed by atoms with van der Waals surface area (Å²) in [4.78, 5) is 3.22. The molecule has 0 amide bonds. The number of hydrogen-bond acceptors (Lipinski definition) is 1. The van der Waals surface area contributed by atoms with Crippen molar-refractivity contribution in [1.29, 1.82) is 0 Å². The fraction of sp³-hybridized carbons (Fsp3) is 0.385. The quantitative estimate of drug-likeness (QED) is 0.797. The van der Waals surface area contributed by atoms with Gasteiger partial charge >= 0.3 is 0 Å². The van der Waals surface area contributed by atoms with Crippen LogP contribution in [0.3, 0.4) is 0 Å². The highest BCUT2D eigenvalue weighted by atomic mass is 19.1. The van der Waals surface area contributed by atoms with Crippen LogP contribution >= 0.6 is 0 Å². The Labute approximate surface area is 93.9 Å². The predicted octanol–water partition coefficient (Wildman–Crippen LogP) is 2.90. The minimum atomic E-state index is -0.151. The molecule has 2 nitrogen and oxygen atoms in total. The summed E-state index contributed by atoms with van der Waals surface area (Å²) >= 11 is 0. The minimum absolute atomic E-state index is 0.151. The molecule has 0 bridgehead atoms. The number of benzene rings is 1. The van der Waals surface area contributed by atoms with Crippen LogP contribution in [0.4, 0.5) is 4.39 Å². The molecular formula is C13H15FN2. The molecule has 1 aliphatic rings. The van der Waals surface area contributed by atoms with Gasteiger partial charge in [-0.05, 0) is 31.0 Å². The smallest absolute Gasteiger partial charge is 0.147 e. The number of H-pyrrole nitrogens is 1. The van der Waals surface area contributed by atoms with Gasteiger partial charge < -0.3 is 10.3 Å². The maximum absolute atomic E-state index is 13.6. The average Bonchev–Trinajstić information content (AvgIpc) is 2.81. The summed E-state index contributed by atoms with van der Waals surface area (Å²) in [6, 6.07) is 5.68. The zero-order valence-electron chi connectivity index (χ0n) is 9.31. The van der Waals surface area contributed by atoms with Gasteiger partial charge in [0.15, 0.2) is 0 Å². The maximum atomic E-state index is 13.6. The van der Waals surface area contributed by atoms with Crippen LogP contribution in [0.5, 0.6) is 0 Å². The molecule has 2 N–H and O–H groups in total. The second kappa shape index (κ2) is 3.59. The molecule has 0 saturated carbocycles. The summed E-state index contributed by atoms with van der Waals surface area (Å²) < 4.78 is 13.6. The summed E-state index contributed by atoms with van der Waals surface area (Å²) in [6.45, 7) is 3.06. The van der Waals surface area contributed by atoms with E-state index in [4.69, 9.17) is 0 Å². The lowest BCUT2D eigenvalue weighted by molar-refractivity contribution is 0.551. The highest BCUT2D eigenvalue weighted by Gasteiger charge is 2.26. The van der Waals surface area contributed by atoms with Crippen LogP contribution in [-0.2, 0) is 6.42 Å². The van der Waals surface area contributed by atoms with Crippen molar-refractivity contribution in [2.45, 2.75) is 25.8 Å². The number of hydrogen-bond donors (Lipinski definition) is 2. The van der Waals surface area contributed by atoms with E-state index in [2.05, 4.69) is 17.2 Å². The normalized spacial score (nSPS) is 19.2. The molecule has 1 aromatic carbocycles. The lowest BCUT2D eigenvalue weighted by atomic mass is 10.1. The van der Waals surface area contributed by atoms with Gasteiger partial charge in [0, 0.05) is 17.1 Å². The van der Waals surface area contributed by atoms with Crippen molar-refractivity contribution in [3.63, 3.8) is 0 Å². The lowest BCUT2D eigenvalue weighted by Gasteiger charge is -2.11. The van der Waals surface area contributed by atoms with Gasteiger partial charge in [0.05, 0.1) is 5.52 Å². The van der Waals surface area contributed by atoms with E-state index in [1.165, 1.54) is 17.3 Å². The average molecular weight is 218 g/mol. The lowest BCUT2D eigenvalue weighted by Crippen LogP contribution is -2.18. The van der Waals surface area contributed by atoms with Gasteiger partial charge in [-0.25, -0.2) is 4.39 Å². The van der Waals surface area contributed by atoms with Gasteiger partial charge in [0.2, 0.25) is 0 Å². The molecule has 3 heteroatoms. The predicted molar refractivity (Wildman–Crippen MR) is 63.0 cm³/mol. The summed E-state index contributed by atoms with van der Waals surface area (Å²) in [5, 5.41) is 4.50. The molecule has 1 unspecified atom stereocenters. The molecule has 0 spiro atoms. The van der Waals surface area contributed by atoms with Crippen molar-refractivity contribution in [1.82, 2.24) is 10.3 Å². The van der Waals surface area contributed by atoms with Crippen molar-refractivity contribution < 1.29 is 4.39 Å². The van der Waals surface area contributed by atoms with Crippen LogP contribution in [0.25, 0.3) is 10.9 Å². The summed E-state index contributed by atoms with van der Waals surface area (Å²) in [7, 11) is 0. The standard InChI is InChI=1S/C13H15FN2/c1-2-15-10-6-7-11-12(10)8-4-3-5-9(14)13(8)16-11/h3-5,10,15-16H,2,6-7H2,1H3. The molecule has 2 aromatic rings. The monoisotopic (exact) mass is 218 g/mol. The van der Waals surface area contributed by atoms with Crippen molar-refractivity contribution >= 4 is 10.9 Å². The maximum Gasteiger partial charge on any atom is 0.147 e.